The van der Waals surface area contributed by atoms with Crippen LogP contribution in [0.15, 0.2) is 51.0 Å². The van der Waals surface area contributed by atoms with E-state index < -0.39 is 48.0 Å². The normalized spacial score (nSPS) is 12.5. The summed E-state index contributed by atoms with van der Waals surface area (Å²) in [6, 6.07) is 5.00. The van der Waals surface area contributed by atoms with Gasteiger partial charge in [0.2, 0.25) is 0 Å². The van der Waals surface area contributed by atoms with E-state index in [9.17, 15) is 39.3 Å². The quantitative estimate of drug-likeness (QED) is 0.0787. The van der Waals surface area contributed by atoms with Crippen molar-refractivity contribution in [2.75, 3.05) is 13.2 Å². The SMILES string of the molecule is C=CC(=O)OC(C)COC(=O)CCC(=O)Oc1cc(C)c(OC(=O)CCC(=O)OCC(C)OC(=O)C=C)c2c1SC(=C(C#N)C#N)S2. The highest BCUT2D eigenvalue weighted by Crippen LogP contribution is 2.59. The summed E-state index contributed by atoms with van der Waals surface area (Å²) < 4.78 is 31.1. The topological polar surface area (TPSA) is 205 Å². The largest absolute Gasteiger partial charge is 0.462 e. The molecule has 0 N–H and O–H groups in total. The van der Waals surface area contributed by atoms with Gasteiger partial charge in [-0.1, -0.05) is 36.7 Å². The van der Waals surface area contributed by atoms with Gasteiger partial charge in [-0.3, -0.25) is 19.2 Å². The van der Waals surface area contributed by atoms with E-state index in [2.05, 4.69) is 13.2 Å². The van der Waals surface area contributed by atoms with Crippen LogP contribution < -0.4 is 9.47 Å². The average Bonchev–Trinajstić information content (AvgIpc) is 3.48. The Morgan fingerprint density at radius 1 is 0.766 bits per heavy atom. The molecule has 248 valence electrons. The summed E-state index contributed by atoms with van der Waals surface area (Å²) in [5.74, 6) is -4.30. The van der Waals surface area contributed by atoms with E-state index >= 15 is 0 Å². The number of fused-ring (bicyclic) bond motifs is 1. The highest BCUT2D eigenvalue weighted by molar-refractivity contribution is 8.24. The van der Waals surface area contributed by atoms with Crippen molar-refractivity contribution in [2.45, 2.75) is 68.5 Å². The second kappa shape index (κ2) is 18.8. The van der Waals surface area contributed by atoms with Gasteiger partial charge in [0.1, 0.15) is 54.6 Å². The number of carbonyl (C=O) groups is 6. The number of allylic oxidation sites excluding steroid dienone is 1. The molecule has 0 radical (unpaired) electrons. The lowest BCUT2D eigenvalue weighted by atomic mass is 10.2. The molecule has 0 spiro atoms. The van der Waals surface area contributed by atoms with Gasteiger partial charge in [-0.05, 0) is 32.4 Å². The predicted molar refractivity (Wildman–Crippen MR) is 164 cm³/mol. The monoisotopic (exact) mass is 686 g/mol. The minimum absolute atomic E-state index is 0.0400. The number of aryl methyl sites for hydroxylation is 1. The van der Waals surface area contributed by atoms with Gasteiger partial charge in [0.05, 0.1) is 39.7 Å². The Hall–Kier alpha value is -5.06. The molecule has 0 bridgehead atoms. The van der Waals surface area contributed by atoms with Crippen molar-refractivity contribution in [2.24, 2.45) is 0 Å². The molecule has 1 aliphatic heterocycles. The number of hydrogen-bond donors (Lipinski definition) is 0. The molecular formula is C31H30N2O12S2. The minimum atomic E-state index is -0.796. The first kappa shape index (κ1) is 38.1. The van der Waals surface area contributed by atoms with E-state index in [0.29, 0.717) is 10.5 Å². The van der Waals surface area contributed by atoms with Crippen molar-refractivity contribution in [3.8, 4) is 23.6 Å². The summed E-state index contributed by atoms with van der Waals surface area (Å²) in [5, 5.41) is 18.8. The lowest BCUT2D eigenvalue weighted by Crippen LogP contribution is -2.22. The van der Waals surface area contributed by atoms with Crippen LogP contribution in [-0.2, 0) is 47.7 Å². The van der Waals surface area contributed by atoms with Crippen molar-refractivity contribution in [3.05, 3.63) is 46.8 Å². The van der Waals surface area contributed by atoms with E-state index in [1.165, 1.54) is 19.9 Å². The molecule has 2 atom stereocenters. The summed E-state index contributed by atoms with van der Waals surface area (Å²) >= 11 is 1.93. The fourth-order valence-electron chi connectivity index (χ4n) is 3.41. The molecule has 1 aromatic rings. The van der Waals surface area contributed by atoms with Crippen molar-refractivity contribution < 1.29 is 57.2 Å². The molecule has 16 heteroatoms. The number of esters is 6. The zero-order valence-electron chi connectivity index (χ0n) is 25.7. The van der Waals surface area contributed by atoms with Crippen LogP contribution in [0.25, 0.3) is 0 Å². The number of hydrogen-bond acceptors (Lipinski definition) is 16. The minimum Gasteiger partial charge on any atom is -0.462 e. The summed E-state index contributed by atoms with van der Waals surface area (Å²) in [6.45, 7) is 10.7. The number of ether oxygens (including phenoxy) is 6. The van der Waals surface area contributed by atoms with Crippen LogP contribution in [0.2, 0.25) is 0 Å². The molecule has 0 aliphatic carbocycles. The molecule has 0 saturated carbocycles. The molecule has 0 amide bonds. The van der Waals surface area contributed by atoms with E-state index in [4.69, 9.17) is 28.4 Å². The zero-order valence-corrected chi connectivity index (χ0v) is 27.3. The first-order valence-corrected chi connectivity index (χ1v) is 15.4. The third kappa shape index (κ3) is 12.3. The van der Waals surface area contributed by atoms with Gasteiger partial charge in [0.25, 0.3) is 0 Å². The van der Waals surface area contributed by atoms with Crippen LogP contribution in [-0.4, -0.2) is 61.2 Å². The third-order valence-electron chi connectivity index (χ3n) is 5.59. The Bertz CT molecular complexity index is 1550. The number of nitrogens with zero attached hydrogens (tertiary/aromatic N) is 2. The summed E-state index contributed by atoms with van der Waals surface area (Å²) in [7, 11) is 0. The van der Waals surface area contributed by atoms with Crippen molar-refractivity contribution in [1.29, 1.82) is 10.5 Å². The lowest BCUT2D eigenvalue weighted by molar-refractivity contribution is -0.155. The molecule has 0 fully saturated rings. The Morgan fingerprint density at radius 3 is 1.68 bits per heavy atom. The van der Waals surface area contributed by atoms with Crippen LogP contribution in [0, 0.1) is 29.6 Å². The molecule has 0 aromatic heterocycles. The predicted octanol–water partition coefficient (Wildman–Crippen LogP) is 4.14. The van der Waals surface area contributed by atoms with Gasteiger partial charge in [0, 0.05) is 12.2 Å². The van der Waals surface area contributed by atoms with Crippen LogP contribution in [0.5, 0.6) is 11.5 Å². The highest BCUT2D eigenvalue weighted by Gasteiger charge is 2.32. The van der Waals surface area contributed by atoms with Crippen LogP contribution >= 0.6 is 23.5 Å². The van der Waals surface area contributed by atoms with Gasteiger partial charge in [-0.15, -0.1) is 0 Å². The number of thioether (sulfide) groups is 2. The van der Waals surface area contributed by atoms with Crippen molar-refractivity contribution >= 4 is 59.3 Å². The van der Waals surface area contributed by atoms with E-state index in [-0.39, 0.29) is 65.1 Å². The van der Waals surface area contributed by atoms with Crippen molar-refractivity contribution in [1.82, 2.24) is 0 Å². The molecule has 2 rings (SSSR count). The molecule has 1 aromatic carbocycles. The maximum absolute atomic E-state index is 12.7. The number of nitriles is 2. The molecule has 0 saturated heterocycles. The second-order valence-electron chi connectivity index (χ2n) is 9.49. The Morgan fingerprint density at radius 2 is 1.21 bits per heavy atom. The first-order valence-electron chi connectivity index (χ1n) is 13.8. The maximum atomic E-state index is 12.7. The smallest absolute Gasteiger partial charge is 0.330 e. The van der Waals surface area contributed by atoms with Gasteiger partial charge >= 0.3 is 35.8 Å². The van der Waals surface area contributed by atoms with Crippen LogP contribution in [0.1, 0.15) is 45.1 Å². The zero-order chi connectivity index (χ0) is 35.1. The molecule has 1 aliphatic rings. The standard InChI is InChI=1S/C31H30N2O12S2/c1-6-22(34)42-18(4)15-40-24(36)8-10-26(38)44-21-12-17(3)28(30-29(21)46-31(47-30)20(13-32)14-33)45-27(39)11-9-25(37)41-16-19(5)43-23(35)7-2/h6-7,12,18-19H,1-2,8-11,15-16H2,3-5H3. The fraction of sp³-hybridized carbons (Fsp3) is 0.355. The van der Waals surface area contributed by atoms with Crippen molar-refractivity contribution in [3.63, 3.8) is 0 Å². The van der Waals surface area contributed by atoms with E-state index in [0.717, 1.165) is 35.7 Å². The summed E-state index contributed by atoms with van der Waals surface area (Å²) in [6.07, 6.45) is -0.907. The lowest BCUT2D eigenvalue weighted by Gasteiger charge is -2.15. The Kier molecular flexibility index (Phi) is 15.2. The second-order valence-corrected chi connectivity index (χ2v) is 11.8. The van der Waals surface area contributed by atoms with E-state index in [1.54, 1.807) is 19.1 Å². The molecule has 14 nitrogen and oxygen atoms in total. The van der Waals surface area contributed by atoms with Gasteiger partial charge in [0.15, 0.2) is 0 Å². The number of rotatable bonds is 16. The van der Waals surface area contributed by atoms with E-state index in [1.807, 2.05) is 0 Å². The fourth-order valence-corrected chi connectivity index (χ4v) is 5.96. The summed E-state index contributed by atoms with van der Waals surface area (Å²) in [5.41, 5.74) is 0.141. The number of carbonyl (C=O) groups excluding carboxylic acids is 6. The van der Waals surface area contributed by atoms with Crippen LogP contribution in [0.4, 0.5) is 0 Å². The molecule has 1 heterocycles. The summed E-state index contributed by atoms with van der Waals surface area (Å²) in [4.78, 5) is 72.5. The van der Waals surface area contributed by atoms with Gasteiger partial charge < -0.3 is 28.4 Å². The van der Waals surface area contributed by atoms with Gasteiger partial charge in [-0.25, -0.2) is 9.59 Å². The Balaban J connectivity index is 2.10. The number of benzene rings is 1. The average molecular weight is 687 g/mol. The third-order valence-corrected chi connectivity index (χ3v) is 8.20. The Labute approximate surface area is 278 Å². The molecule has 2 unspecified atom stereocenters. The first-order chi connectivity index (χ1) is 22.3. The molecule has 47 heavy (non-hydrogen) atoms. The van der Waals surface area contributed by atoms with Crippen LogP contribution in [0.3, 0.4) is 0 Å². The van der Waals surface area contributed by atoms with Gasteiger partial charge in [-0.2, -0.15) is 10.5 Å². The highest BCUT2D eigenvalue weighted by atomic mass is 32.2. The maximum Gasteiger partial charge on any atom is 0.330 e. The molecular weight excluding hydrogens is 656 g/mol.